The Bertz CT molecular complexity index is 6950. The zero-order chi connectivity index (χ0) is 85.9. The number of likely N-dealkylation sites (N-methyl/N-ethyl adjacent to an activating group) is 2. The van der Waals surface area contributed by atoms with Gasteiger partial charge in [0.05, 0.1) is 116 Å². The van der Waals surface area contributed by atoms with Crippen molar-refractivity contribution >= 4 is 56.3 Å². The van der Waals surface area contributed by atoms with Gasteiger partial charge in [0.15, 0.2) is 11.3 Å². The fraction of sp³-hybridized carbons (Fsp3) is 0.404. The molecule has 4 aliphatic heterocycles. The Hall–Kier alpha value is -12.6. The smallest absolute Gasteiger partial charge is 0.258 e. The molecule has 20 heterocycles. The molecule has 1 saturated carbocycles. The molecule has 0 unspecified atom stereocenters. The van der Waals surface area contributed by atoms with Gasteiger partial charge in [0.25, 0.3) is 22.2 Å². The molecule has 5 aliphatic rings. The van der Waals surface area contributed by atoms with Gasteiger partial charge in [-0.25, -0.2) is 38.9 Å². The van der Waals surface area contributed by atoms with Crippen molar-refractivity contribution in [3.63, 3.8) is 0 Å². The van der Waals surface area contributed by atoms with Crippen molar-refractivity contribution in [1.29, 1.82) is 0 Å². The van der Waals surface area contributed by atoms with Gasteiger partial charge < -0.3 is 33.3 Å². The highest BCUT2D eigenvalue weighted by Crippen LogP contribution is 2.35. The molecule has 1 aliphatic carbocycles. The van der Waals surface area contributed by atoms with Crippen LogP contribution < -0.4 is 32.0 Å². The van der Waals surface area contributed by atoms with Crippen LogP contribution in [0.5, 0.6) is 0 Å². The van der Waals surface area contributed by atoms with Crippen LogP contribution >= 0.6 is 0 Å². The van der Waals surface area contributed by atoms with Crippen molar-refractivity contribution in [3.05, 3.63) is 246 Å². The molecule has 21 rings (SSSR count). The standard InChI is InChI=1S/C24H29N7O.C24H26N6O.C23H27N7O.C23H26N6O/c1-5-19-22-11-21(27-31(22)13-16(3)25-19)20-12-24(32)30-15-18(7-8-23(30)26-20)29-10-9-28(6-2)17(4)14-29;1-16-13-29-14-18(5-6-22(29)26-16)20-11-24(31)30-15-21(25-12-23(30)27-20)17-7-9-28(10-8-17)19-3-2-4-19;1-5-18-21-10-20(26-30(21)12-15(2)24-18)19-11-23(31)29-14-17(6-7-22(29)25-19)28-9-8-27(4)16(3)13-28;1-15(2)27-8-6-17(7-9-27)20-14-29-22(11-24-20)26-19(10-23(29)30)18-4-5-21-25-16(3)12-28(21)13-18/h7-8,11-13,15,17H,5-6,9-10,14H2,1-4H3;5-6,11-15,17,19H,2-4,7-10H2,1H3;6-7,10-12,14,16H,5,8-9,13H2,1-4H3;4-5,10-15,17H,6-9H2,1-3H3/t17-;;16-;/m1.1./s1. The van der Waals surface area contributed by atoms with Gasteiger partial charge in [-0.05, 0) is 207 Å². The van der Waals surface area contributed by atoms with Gasteiger partial charge in [0.1, 0.15) is 34.0 Å². The molecule has 0 bridgehead atoms. The molecule has 30 heteroatoms. The average Bonchev–Trinajstić information content (AvgIpc) is 1.70. The molecule has 4 saturated heterocycles. The highest BCUT2D eigenvalue weighted by molar-refractivity contribution is 5.70. The number of aromatic nitrogens is 20. The summed E-state index contributed by atoms with van der Waals surface area (Å²) in [5.41, 5.74) is 21.1. The lowest BCUT2D eigenvalue weighted by Gasteiger charge is -2.41. The SMILES string of the molecule is CCc1nc(C)cn2nc(-c3cc(=O)n4cc(N5CCN(C)[C@H](C)C5)ccc4n3)cc12.CCc1nc(C)cn2nc(-c3cc(=O)n4cc(N5CCN(CC)[C@H](C)C5)ccc4n3)cc12.Cc1cn2cc(-c3cc(=O)n4cc(C5CCN(C(C)C)CC5)ncc4n3)ccc2n1.Cc1cn2cc(-c3cc(=O)n4cc(C5CCN(C6CCC6)CC5)ncc4n3)ccc2n1. The van der Waals surface area contributed by atoms with Gasteiger partial charge in [0.2, 0.25) is 0 Å². The molecule has 16 aromatic rings. The van der Waals surface area contributed by atoms with Crippen LogP contribution in [0.15, 0.2) is 178 Å². The van der Waals surface area contributed by atoms with Crippen LogP contribution in [0.1, 0.15) is 151 Å². The van der Waals surface area contributed by atoms with E-state index < -0.39 is 0 Å². The minimum Gasteiger partial charge on any atom is -0.367 e. The molecule has 0 radical (unpaired) electrons. The van der Waals surface area contributed by atoms with E-state index in [1.807, 2.05) is 156 Å². The van der Waals surface area contributed by atoms with E-state index in [1.165, 1.54) is 19.3 Å². The van der Waals surface area contributed by atoms with Crippen LogP contribution in [-0.2, 0) is 12.8 Å². The third-order valence-corrected chi connectivity index (χ3v) is 25.7. The second-order valence-electron chi connectivity index (χ2n) is 34.4. The summed E-state index contributed by atoms with van der Waals surface area (Å²) in [6, 6.07) is 28.4. The second kappa shape index (κ2) is 34.6. The van der Waals surface area contributed by atoms with Crippen molar-refractivity contribution in [2.24, 2.45) is 0 Å². The van der Waals surface area contributed by atoms with E-state index in [4.69, 9.17) is 24.9 Å². The number of nitrogens with zero attached hydrogens (tertiary/aromatic N) is 26. The number of hydrogen-bond donors (Lipinski definition) is 0. The number of pyridine rings is 4. The number of fused-ring (bicyclic) bond motifs is 8. The number of piperidine rings is 2. The maximum atomic E-state index is 13.0. The van der Waals surface area contributed by atoms with Crippen molar-refractivity contribution < 1.29 is 0 Å². The van der Waals surface area contributed by atoms with Gasteiger partial charge in [-0.15, -0.1) is 0 Å². The first-order chi connectivity index (χ1) is 60.0. The zero-order valence-electron chi connectivity index (χ0n) is 72.9. The third kappa shape index (κ3) is 16.9. The van der Waals surface area contributed by atoms with E-state index in [0.29, 0.717) is 86.7 Å². The van der Waals surface area contributed by atoms with Crippen LogP contribution in [0.4, 0.5) is 11.4 Å². The topological polar surface area (TPSA) is 278 Å². The quantitative estimate of drug-likeness (QED) is 0.104. The van der Waals surface area contributed by atoms with Gasteiger partial charge >= 0.3 is 0 Å². The average molecular weight is 1670 g/mol. The Morgan fingerprint density at radius 3 is 1.27 bits per heavy atom. The van der Waals surface area contributed by atoms with E-state index in [-0.39, 0.29) is 22.2 Å². The maximum absolute atomic E-state index is 13.0. The summed E-state index contributed by atoms with van der Waals surface area (Å²) in [5, 5.41) is 9.33. The van der Waals surface area contributed by atoms with Crippen molar-refractivity contribution in [3.8, 4) is 45.3 Å². The summed E-state index contributed by atoms with van der Waals surface area (Å²) < 4.78 is 14.1. The van der Waals surface area contributed by atoms with Crippen molar-refractivity contribution in [2.45, 2.75) is 170 Å². The van der Waals surface area contributed by atoms with Crippen LogP contribution in [0, 0.1) is 27.7 Å². The lowest BCUT2D eigenvalue weighted by atomic mass is 9.87. The predicted octanol–water partition coefficient (Wildman–Crippen LogP) is 12.0. The van der Waals surface area contributed by atoms with E-state index >= 15 is 0 Å². The van der Waals surface area contributed by atoms with Crippen LogP contribution in [0.2, 0.25) is 0 Å². The number of imidazole rings is 2. The van der Waals surface area contributed by atoms with E-state index in [1.54, 1.807) is 54.3 Å². The first kappa shape index (κ1) is 82.3. The largest absolute Gasteiger partial charge is 0.367 e. The van der Waals surface area contributed by atoms with Gasteiger partial charge in [-0.3, -0.25) is 61.6 Å². The van der Waals surface area contributed by atoms with Gasteiger partial charge in [0, 0.05) is 160 Å². The van der Waals surface area contributed by atoms with Gasteiger partial charge in [-0.1, -0.05) is 27.2 Å². The predicted molar refractivity (Wildman–Crippen MR) is 485 cm³/mol. The Balaban J connectivity index is 0.000000113. The first-order valence-electron chi connectivity index (χ1n) is 43.9. The summed E-state index contributed by atoms with van der Waals surface area (Å²) in [6.45, 7) is 34.5. The van der Waals surface area contributed by atoms with Crippen LogP contribution in [0.25, 0.3) is 90.2 Å². The summed E-state index contributed by atoms with van der Waals surface area (Å²) in [6.07, 6.45) is 32.8. The molecule has 0 spiro atoms. The summed E-state index contributed by atoms with van der Waals surface area (Å²) in [5.74, 6) is 0.807. The molecule has 124 heavy (non-hydrogen) atoms. The minimum absolute atomic E-state index is 0.0718. The molecule has 16 aromatic heterocycles. The molecule has 30 nitrogen and oxygen atoms in total. The van der Waals surface area contributed by atoms with Crippen molar-refractivity contribution in [2.75, 3.05) is 88.8 Å². The molecule has 5 fully saturated rings. The Morgan fingerprint density at radius 2 is 0.831 bits per heavy atom. The molecule has 0 N–H and O–H groups in total. The molecule has 0 aromatic carbocycles. The Kier molecular flexibility index (Phi) is 23.0. The Labute approximate surface area is 717 Å². The monoisotopic (exact) mass is 1660 g/mol. The lowest BCUT2D eigenvalue weighted by molar-refractivity contribution is 0.0969. The number of likely N-dealkylation sites (tertiary alicyclic amines) is 2. The molecular formula is C94H108N26O4. The number of anilines is 2. The molecule has 2 atom stereocenters. The third-order valence-electron chi connectivity index (χ3n) is 25.7. The van der Waals surface area contributed by atoms with E-state index in [9.17, 15) is 19.2 Å². The fourth-order valence-electron chi connectivity index (χ4n) is 18.3. The van der Waals surface area contributed by atoms with E-state index in [2.05, 4.69) is 132 Å². The fourth-order valence-corrected chi connectivity index (χ4v) is 18.3. The minimum atomic E-state index is -0.105. The summed E-state index contributed by atoms with van der Waals surface area (Å²) >= 11 is 0. The molecule has 0 amide bonds. The first-order valence-corrected chi connectivity index (χ1v) is 43.9. The lowest BCUT2D eigenvalue weighted by Crippen LogP contribution is -2.51. The second-order valence-corrected chi connectivity index (χ2v) is 34.4. The normalized spacial score (nSPS) is 17.5. The Morgan fingerprint density at radius 1 is 0.403 bits per heavy atom. The zero-order valence-corrected chi connectivity index (χ0v) is 72.9. The van der Waals surface area contributed by atoms with Crippen LogP contribution in [-0.4, -0.2) is 218 Å². The van der Waals surface area contributed by atoms with Crippen molar-refractivity contribution in [1.82, 2.24) is 115 Å². The number of rotatable bonds is 13. The summed E-state index contributed by atoms with van der Waals surface area (Å²) in [4.78, 5) is 113. The number of piperazine rings is 2. The molecular weight excluding hydrogens is 1560 g/mol. The number of aryl methyl sites for hydroxylation is 6. The highest BCUT2D eigenvalue weighted by atomic mass is 16.1. The highest BCUT2D eigenvalue weighted by Gasteiger charge is 2.32. The van der Waals surface area contributed by atoms with E-state index in [0.717, 1.165) is 207 Å². The number of hydrogen-bond acceptors (Lipinski definition) is 22. The maximum Gasteiger partial charge on any atom is 0.258 e. The molecule has 638 valence electrons. The van der Waals surface area contributed by atoms with Gasteiger partial charge in [-0.2, -0.15) is 10.2 Å². The summed E-state index contributed by atoms with van der Waals surface area (Å²) in [7, 11) is 2.15. The van der Waals surface area contributed by atoms with Crippen LogP contribution in [0.3, 0.4) is 0 Å².